The molecule has 1 N–H and O–H groups in total. The standard InChI is InChI=1S/C18H29N5O2/c1-12(2)23-11-20-16-15(23)9-14(17(24)19-7-8-21(3)4)18(25)22(16)10-13-5-6-13/h11-14H,5-10H2,1-4H3,(H,19,24)/t14-/m0/s1. The molecule has 1 saturated carbocycles. The predicted molar refractivity (Wildman–Crippen MR) is 96.4 cm³/mol. The first kappa shape index (κ1) is 17.9. The fourth-order valence-corrected chi connectivity index (χ4v) is 3.28. The van der Waals surface area contributed by atoms with Crippen molar-refractivity contribution in [2.24, 2.45) is 11.8 Å². The van der Waals surface area contributed by atoms with E-state index >= 15 is 0 Å². The summed E-state index contributed by atoms with van der Waals surface area (Å²) in [7, 11) is 3.92. The van der Waals surface area contributed by atoms with Crippen LogP contribution in [-0.2, 0) is 16.0 Å². The number of amides is 2. The molecule has 1 atom stereocenters. The molecule has 1 aromatic rings. The zero-order valence-corrected chi connectivity index (χ0v) is 15.7. The molecule has 0 bridgehead atoms. The number of carbonyl (C=O) groups excluding carboxylic acids is 2. The quantitative estimate of drug-likeness (QED) is 0.749. The number of carbonyl (C=O) groups is 2. The fourth-order valence-electron chi connectivity index (χ4n) is 3.28. The summed E-state index contributed by atoms with van der Waals surface area (Å²) in [6.45, 7) is 6.18. The zero-order chi connectivity index (χ0) is 18.1. The normalized spacial score (nSPS) is 20.3. The molecule has 1 aromatic heterocycles. The molecule has 0 spiro atoms. The van der Waals surface area contributed by atoms with E-state index in [1.165, 1.54) is 0 Å². The van der Waals surface area contributed by atoms with Crippen LogP contribution in [-0.4, -0.2) is 60.0 Å². The lowest BCUT2D eigenvalue weighted by atomic mass is 9.95. The second kappa shape index (κ2) is 7.15. The van der Waals surface area contributed by atoms with Crippen LogP contribution in [0.3, 0.4) is 0 Å². The Bertz CT molecular complexity index is 648. The molecule has 0 unspecified atom stereocenters. The molecule has 25 heavy (non-hydrogen) atoms. The maximum absolute atomic E-state index is 13.0. The van der Waals surface area contributed by atoms with Gasteiger partial charge in [-0.2, -0.15) is 0 Å². The number of hydrogen-bond acceptors (Lipinski definition) is 4. The van der Waals surface area contributed by atoms with Crippen molar-refractivity contribution in [2.75, 3.05) is 38.6 Å². The molecule has 1 fully saturated rings. The van der Waals surface area contributed by atoms with Gasteiger partial charge in [-0.15, -0.1) is 0 Å². The van der Waals surface area contributed by atoms with Crippen LogP contribution < -0.4 is 10.2 Å². The van der Waals surface area contributed by atoms with Gasteiger partial charge in [0.15, 0.2) is 5.82 Å². The van der Waals surface area contributed by atoms with Crippen LogP contribution in [0.5, 0.6) is 0 Å². The molecule has 0 radical (unpaired) electrons. The smallest absolute Gasteiger partial charge is 0.241 e. The second-order valence-electron chi connectivity index (χ2n) is 7.76. The van der Waals surface area contributed by atoms with Crippen molar-refractivity contribution >= 4 is 17.6 Å². The number of nitrogens with one attached hydrogen (secondary N) is 1. The molecular weight excluding hydrogens is 318 g/mol. The summed E-state index contributed by atoms with van der Waals surface area (Å²) in [6.07, 6.45) is 4.55. The molecule has 1 aliphatic carbocycles. The van der Waals surface area contributed by atoms with E-state index in [0.717, 1.165) is 30.9 Å². The monoisotopic (exact) mass is 347 g/mol. The van der Waals surface area contributed by atoms with Crippen molar-refractivity contribution in [1.29, 1.82) is 0 Å². The summed E-state index contributed by atoms with van der Waals surface area (Å²) < 4.78 is 2.09. The number of aromatic nitrogens is 2. The number of hydrogen-bond donors (Lipinski definition) is 1. The zero-order valence-electron chi connectivity index (χ0n) is 15.7. The maximum Gasteiger partial charge on any atom is 0.241 e. The van der Waals surface area contributed by atoms with Gasteiger partial charge in [0.2, 0.25) is 11.8 Å². The highest BCUT2D eigenvalue weighted by Crippen LogP contribution is 2.36. The molecule has 7 heteroatoms. The van der Waals surface area contributed by atoms with E-state index in [9.17, 15) is 9.59 Å². The van der Waals surface area contributed by atoms with Crippen LogP contribution in [0.15, 0.2) is 6.33 Å². The van der Waals surface area contributed by atoms with Crippen molar-refractivity contribution < 1.29 is 9.59 Å². The first-order valence-corrected chi connectivity index (χ1v) is 9.18. The molecule has 3 rings (SSSR count). The second-order valence-corrected chi connectivity index (χ2v) is 7.76. The molecule has 2 aliphatic rings. The van der Waals surface area contributed by atoms with Crippen LogP contribution >= 0.6 is 0 Å². The summed E-state index contributed by atoms with van der Waals surface area (Å²) in [5.74, 6) is 0.382. The van der Waals surface area contributed by atoms with Gasteiger partial charge in [-0.25, -0.2) is 4.98 Å². The molecule has 138 valence electrons. The summed E-state index contributed by atoms with van der Waals surface area (Å²) in [5.41, 5.74) is 1.00. The lowest BCUT2D eigenvalue weighted by molar-refractivity contribution is -0.134. The molecule has 0 saturated heterocycles. The first-order valence-electron chi connectivity index (χ1n) is 9.18. The highest BCUT2D eigenvalue weighted by atomic mass is 16.2. The topological polar surface area (TPSA) is 70.5 Å². The SMILES string of the molecule is CC(C)n1cnc2c1C[C@@H](C(=O)NCCN(C)C)C(=O)N2CC1CC1. The van der Waals surface area contributed by atoms with Gasteiger partial charge in [0.05, 0.1) is 12.0 Å². The van der Waals surface area contributed by atoms with Crippen molar-refractivity contribution in [2.45, 2.75) is 39.2 Å². The van der Waals surface area contributed by atoms with Crippen molar-refractivity contribution in [3.8, 4) is 0 Å². The Hall–Kier alpha value is -1.89. The molecule has 2 amide bonds. The highest BCUT2D eigenvalue weighted by molar-refractivity contribution is 6.09. The third kappa shape index (κ3) is 3.86. The van der Waals surface area contributed by atoms with Gasteiger partial charge in [0, 0.05) is 32.1 Å². The summed E-state index contributed by atoms with van der Waals surface area (Å²) >= 11 is 0. The third-order valence-electron chi connectivity index (χ3n) is 4.96. The molecule has 0 aromatic carbocycles. The number of fused-ring (bicyclic) bond motifs is 1. The summed E-state index contributed by atoms with van der Waals surface area (Å²) in [6, 6.07) is 0.254. The van der Waals surface area contributed by atoms with Gasteiger partial charge in [-0.3, -0.25) is 14.5 Å². The van der Waals surface area contributed by atoms with Gasteiger partial charge < -0.3 is 14.8 Å². The molecule has 1 aliphatic heterocycles. The van der Waals surface area contributed by atoms with Crippen molar-refractivity contribution in [3.63, 3.8) is 0 Å². The van der Waals surface area contributed by atoms with E-state index in [4.69, 9.17) is 0 Å². The van der Waals surface area contributed by atoms with Crippen LogP contribution in [0.4, 0.5) is 5.82 Å². The fraction of sp³-hybridized carbons (Fsp3) is 0.722. The maximum atomic E-state index is 13.0. The van der Waals surface area contributed by atoms with Gasteiger partial charge in [0.1, 0.15) is 5.92 Å². The van der Waals surface area contributed by atoms with Gasteiger partial charge >= 0.3 is 0 Å². The van der Waals surface area contributed by atoms with Crippen molar-refractivity contribution in [1.82, 2.24) is 19.8 Å². The van der Waals surface area contributed by atoms with E-state index in [2.05, 4.69) is 28.7 Å². The number of likely N-dealkylation sites (N-methyl/N-ethyl adjacent to an activating group) is 1. The largest absolute Gasteiger partial charge is 0.354 e. The van der Waals surface area contributed by atoms with Crippen LogP contribution in [0.2, 0.25) is 0 Å². The van der Waals surface area contributed by atoms with E-state index in [0.29, 0.717) is 25.4 Å². The number of anilines is 1. The number of rotatable bonds is 7. The van der Waals surface area contributed by atoms with E-state index in [1.54, 1.807) is 11.2 Å². The molecule has 2 heterocycles. The average Bonchev–Trinajstić information content (AvgIpc) is 3.25. The average molecular weight is 347 g/mol. The van der Waals surface area contributed by atoms with E-state index in [1.807, 2.05) is 19.0 Å². The lowest BCUT2D eigenvalue weighted by Crippen LogP contribution is -2.49. The predicted octanol–water partition coefficient (Wildman–Crippen LogP) is 1.06. The molecule has 7 nitrogen and oxygen atoms in total. The highest BCUT2D eigenvalue weighted by Gasteiger charge is 2.42. The van der Waals surface area contributed by atoms with E-state index in [-0.39, 0.29) is 17.9 Å². The van der Waals surface area contributed by atoms with Crippen LogP contribution in [0, 0.1) is 11.8 Å². The minimum absolute atomic E-state index is 0.101. The Morgan fingerprint density at radius 1 is 1.40 bits per heavy atom. The minimum Gasteiger partial charge on any atom is -0.354 e. The summed E-state index contributed by atoms with van der Waals surface area (Å²) in [4.78, 5) is 33.9. The minimum atomic E-state index is -0.650. The molecular formula is C18H29N5O2. The third-order valence-corrected chi connectivity index (χ3v) is 4.96. The van der Waals surface area contributed by atoms with Gasteiger partial charge in [0.25, 0.3) is 0 Å². The number of imidazole rings is 1. The Kier molecular flexibility index (Phi) is 5.13. The first-order chi connectivity index (χ1) is 11.9. The van der Waals surface area contributed by atoms with E-state index < -0.39 is 5.92 Å². The van der Waals surface area contributed by atoms with Crippen LogP contribution in [0.25, 0.3) is 0 Å². The van der Waals surface area contributed by atoms with Gasteiger partial charge in [-0.05, 0) is 46.7 Å². The van der Waals surface area contributed by atoms with Crippen molar-refractivity contribution in [3.05, 3.63) is 12.0 Å². The Morgan fingerprint density at radius 3 is 2.72 bits per heavy atom. The van der Waals surface area contributed by atoms with Gasteiger partial charge in [-0.1, -0.05) is 0 Å². The Balaban J connectivity index is 1.81. The summed E-state index contributed by atoms with van der Waals surface area (Å²) in [5, 5.41) is 2.92. The number of nitrogens with zero attached hydrogens (tertiary/aromatic N) is 4. The Morgan fingerprint density at radius 2 is 2.12 bits per heavy atom. The lowest BCUT2D eigenvalue weighted by Gasteiger charge is -2.32. The Labute approximate surface area is 149 Å². The van der Waals surface area contributed by atoms with Crippen LogP contribution in [0.1, 0.15) is 38.4 Å².